The Kier molecular flexibility index (Phi) is 7.06. The highest BCUT2D eigenvalue weighted by Gasteiger charge is 2.33. The number of hydrogen-bond donors (Lipinski definition) is 0. The van der Waals surface area contributed by atoms with E-state index < -0.39 is 17.7 Å². The molecule has 2 aliphatic rings. The third-order valence-electron chi connectivity index (χ3n) is 7.42. The molecule has 6 rings (SSSR count). The van der Waals surface area contributed by atoms with E-state index in [9.17, 15) is 18.0 Å². The molecular weight excluding hydrogens is 545 g/mol. The zero-order valence-corrected chi connectivity index (χ0v) is 22.2. The Morgan fingerprint density at radius 2 is 1.80 bits per heavy atom. The number of pyridine rings is 1. The molecule has 1 amide bonds. The highest BCUT2D eigenvalue weighted by atomic mass is 35.5. The summed E-state index contributed by atoms with van der Waals surface area (Å²) in [5.41, 5.74) is 1.94. The molecule has 0 saturated carbocycles. The van der Waals surface area contributed by atoms with Gasteiger partial charge in [0.15, 0.2) is 11.5 Å². The van der Waals surface area contributed by atoms with E-state index in [2.05, 4.69) is 9.88 Å². The maximum absolute atomic E-state index is 13.6. The topological polar surface area (TPSA) is 59.3 Å². The van der Waals surface area contributed by atoms with Crippen LogP contribution in [0.1, 0.15) is 34.7 Å². The molecule has 2 aromatic carbocycles. The minimum Gasteiger partial charge on any atom is -0.454 e. The SMILES string of the molecule is O=C(CC(c1cccc(C(F)(F)F)c1)c1cnc2ccc(Cl)cn12)N1CCN(Cc2ccc3c(c2)OCO3)CC1. The average molecular weight is 571 g/mol. The van der Waals surface area contributed by atoms with E-state index >= 15 is 0 Å². The summed E-state index contributed by atoms with van der Waals surface area (Å²) in [6, 6.07) is 14.5. The fourth-order valence-electron chi connectivity index (χ4n) is 5.31. The number of alkyl halides is 3. The van der Waals surface area contributed by atoms with Crippen molar-refractivity contribution < 1.29 is 27.4 Å². The first-order chi connectivity index (χ1) is 19.2. The Labute approximate surface area is 233 Å². The van der Waals surface area contributed by atoms with Gasteiger partial charge in [0.25, 0.3) is 0 Å². The number of piperazine rings is 1. The first kappa shape index (κ1) is 26.5. The molecule has 1 saturated heterocycles. The zero-order valence-electron chi connectivity index (χ0n) is 21.4. The summed E-state index contributed by atoms with van der Waals surface area (Å²) in [6.45, 7) is 3.35. The van der Waals surface area contributed by atoms with Crippen LogP contribution >= 0.6 is 11.6 Å². The molecule has 2 aliphatic heterocycles. The molecule has 0 N–H and O–H groups in total. The summed E-state index contributed by atoms with van der Waals surface area (Å²) in [5, 5.41) is 0.458. The largest absolute Gasteiger partial charge is 0.454 e. The van der Waals surface area contributed by atoms with Gasteiger partial charge in [-0.2, -0.15) is 13.2 Å². The minimum atomic E-state index is -4.50. The van der Waals surface area contributed by atoms with E-state index in [0.717, 1.165) is 29.2 Å². The number of ether oxygens (including phenoxy) is 2. The molecule has 40 heavy (non-hydrogen) atoms. The van der Waals surface area contributed by atoms with Crippen LogP contribution in [0.2, 0.25) is 5.02 Å². The highest BCUT2D eigenvalue weighted by molar-refractivity contribution is 6.30. The maximum Gasteiger partial charge on any atom is 0.416 e. The minimum absolute atomic E-state index is 0.00375. The summed E-state index contributed by atoms with van der Waals surface area (Å²) in [7, 11) is 0. The lowest BCUT2D eigenvalue weighted by molar-refractivity contribution is -0.137. The number of benzene rings is 2. The number of carbonyl (C=O) groups excluding carboxylic acids is 1. The fraction of sp³-hybridized carbons (Fsp3) is 0.310. The zero-order chi connectivity index (χ0) is 27.9. The molecule has 2 aromatic heterocycles. The smallest absolute Gasteiger partial charge is 0.416 e. The normalized spacial score (nSPS) is 16.4. The molecule has 4 heterocycles. The Morgan fingerprint density at radius 3 is 2.60 bits per heavy atom. The van der Waals surface area contributed by atoms with Crippen molar-refractivity contribution in [3.63, 3.8) is 0 Å². The van der Waals surface area contributed by atoms with Crippen LogP contribution in [0.4, 0.5) is 13.2 Å². The number of aromatic nitrogens is 2. The summed E-state index contributed by atoms with van der Waals surface area (Å²) in [5.74, 6) is 0.709. The summed E-state index contributed by atoms with van der Waals surface area (Å²) in [6.07, 6.45) is -1.22. The number of fused-ring (bicyclic) bond motifs is 2. The van der Waals surface area contributed by atoms with Crippen LogP contribution in [0, 0.1) is 0 Å². The van der Waals surface area contributed by atoms with Crippen LogP contribution in [0.3, 0.4) is 0 Å². The second kappa shape index (κ2) is 10.7. The lowest BCUT2D eigenvalue weighted by Gasteiger charge is -2.35. The first-order valence-electron chi connectivity index (χ1n) is 12.9. The standard InChI is InChI=1S/C29H26ClF3N4O3/c30-22-5-7-27-34-15-24(37(27)17-22)23(20-2-1-3-21(13-20)29(31,32)33)14-28(38)36-10-8-35(9-11-36)16-19-4-6-25-26(12-19)40-18-39-25/h1-7,12-13,15,17,23H,8-11,14,16,18H2. The van der Waals surface area contributed by atoms with Crippen LogP contribution in [0.15, 0.2) is 67.0 Å². The molecule has 208 valence electrons. The highest BCUT2D eigenvalue weighted by Crippen LogP contribution is 2.36. The van der Waals surface area contributed by atoms with Gasteiger partial charge in [-0.15, -0.1) is 0 Å². The Morgan fingerprint density at radius 1 is 1.00 bits per heavy atom. The van der Waals surface area contributed by atoms with E-state index in [-0.39, 0.29) is 19.1 Å². The van der Waals surface area contributed by atoms with Gasteiger partial charge in [-0.1, -0.05) is 35.9 Å². The Balaban J connectivity index is 1.19. The molecule has 0 radical (unpaired) electrons. The van der Waals surface area contributed by atoms with Gasteiger partial charge in [-0.05, 0) is 41.5 Å². The number of carbonyl (C=O) groups is 1. The van der Waals surface area contributed by atoms with E-state index in [1.807, 2.05) is 18.2 Å². The van der Waals surface area contributed by atoms with Gasteiger partial charge in [0.05, 0.1) is 16.3 Å². The molecular formula is C29H26ClF3N4O3. The lowest BCUT2D eigenvalue weighted by Crippen LogP contribution is -2.48. The van der Waals surface area contributed by atoms with E-state index in [1.54, 1.807) is 39.9 Å². The van der Waals surface area contributed by atoms with E-state index in [1.165, 1.54) is 6.07 Å². The molecule has 0 bridgehead atoms. The van der Waals surface area contributed by atoms with Crippen molar-refractivity contribution in [3.05, 3.63) is 94.4 Å². The third-order valence-corrected chi connectivity index (χ3v) is 7.64. The van der Waals surface area contributed by atoms with Crippen molar-refractivity contribution in [2.24, 2.45) is 0 Å². The van der Waals surface area contributed by atoms with Crippen LogP contribution in [-0.2, 0) is 17.5 Å². The number of hydrogen-bond acceptors (Lipinski definition) is 5. The van der Waals surface area contributed by atoms with Crippen molar-refractivity contribution in [1.82, 2.24) is 19.2 Å². The molecule has 7 nitrogen and oxygen atoms in total. The molecule has 0 aliphatic carbocycles. The molecule has 11 heteroatoms. The van der Waals surface area contributed by atoms with Crippen molar-refractivity contribution in [2.45, 2.75) is 25.1 Å². The quantitative estimate of drug-likeness (QED) is 0.302. The van der Waals surface area contributed by atoms with Gasteiger partial charge in [-0.25, -0.2) is 4.98 Å². The average Bonchev–Trinajstić information content (AvgIpc) is 3.58. The van der Waals surface area contributed by atoms with Crippen molar-refractivity contribution >= 4 is 23.2 Å². The Bertz CT molecular complexity index is 1550. The predicted octanol–water partition coefficient (Wildman–Crippen LogP) is 5.60. The van der Waals surface area contributed by atoms with Crippen LogP contribution in [0.5, 0.6) is 11.5 Å². The number of rotatable bonds is 6. The summed E-state index contributed by atoms with van der Waals surface area (Å²) < 4.78 is 53.3. The lowest BCUT2D eigenvalue weighted by atomic mass is 9.90. The monoisotopic (exact) mass is 570 g/mol. The summed E-state index contributed by atoms with van der Waals surface area (Å²) >= 11 is 6.22. The number of imidazole rings is 1. The molecule has 1 fully saturated rings. The second-order valence-corrected chi connectivity index (χ2v) is 10.4. The van der Waals surface area contributed by atoms with Crippen LogP contribution in [0.25, 0.3) is 5.65 Å². The second-order valence-electron chi connectivity index (χ2n) is 9.98. The molecule has 1 atom stereocenters. The van der Waals surface area contributed by atoms with Crippen molar-refractivity contribution in [1.29, 1.82) is 0 Å². The van der Waals surface area contributed by atoms with Gasteiger partial charge in [0, 0.05) is 57.5 Å². The van der Waals surface area contributed by atoms with Gasteiger partial charge in [0.1, 0.15) is 5.65 Å². The van der Waals surface area contributed by atoms with Gasteiger partial charge >= 0.3 is 6.18 Å². The number of nitrogens with zero attached hydrogens (tertiary/aromatic N) is 4. The maximum atomic E-state index is 13.6. The molecule has 1 unspecified atom stereocenters. The summed E-state index contributed by atoms with van der Waals surface area (Å²) in [4.78, 5) is 22.0. The fourth-order valence-corrected chi connectivity index (χ4v) is 5.47. The molecule has 4 aromatic rings. The van der Waals surface area contributed by atoms with Gasteiger partial charge in [0.2, 0.25) is 12.7 Å². The van der Waals surface area contributed by atoms with Gasteiger partial charge in [-0.3, -0.25) is 9.69 Å². The number of halogens is 4. The van der Waals surface area contributed by atoms with Crippen molar-refractivity contribution in [3.8, 4) is 11.5 Å². The third kappa shape index (κ3) is 5.46. The predicted molar refractivity (Wildman–Crippen MR) is 143 cm³/mol. The molecule has 0 spiro atoms. The van der Waals surface area contributed by atoms with Crippen LogP contribution in [-0.4, -0.2) is 58.1 Å². The van der Waals surface area contributed by atoms with E-state index in [4.69, 9.17) is 21.1 Å². The Hall–Kier alpha value is -3.76. The van der Waals surface area contributed by atoms with E-state index in [0.29, 0.717) is 54.7 Å². The van der Waals surface area contributed by atoms with Crippen LogP contribution < -0.4 is 9.47 Å². The first-order valence-corrected chi connectivity index (χ1v) is 13.3. The number of amides is 1. The van der Waals surface area contributed by atoms with Crippen molar-refractivity contribution in [2.75, 3.05) is 33.0 Å². The van der Waals surface area contributed by atoms with Gasteiger partial charge < -0.3 is 18.8 Å².